The van der Waals surface area contributed by atoms with Crippen molar-refractivity contribution in [2.45, 2.75) is 44.2 Å². The van der Waals surface area contributed by atoms with Gasteiger partial charge in [0.15, 0.2) is 5.13 Å². The number of nitrogens with one attached hydrogen (secondary N) is 1. The standard InChI is InChI=1S/C18H17F3N2OS/c19-18(20,21)13-6-2-1-5-10(13)11-9-12(11)16(24)23-17-22-14-7-3-4-8-15(14)25-17/h1-2,5-6,11-12H,3-4,7-9H2,(H,22,23,24). The molecule has 4 rings (SSSR count). The number of carbonyl (C=O) groups excluding carboxylic acids is 1. The molecule has 1 fully saturated rings. The Bertz CT molecular complexity index is 791. The lowest BCUT2D eigenvalue weighted by Crippen LogP contribution is -2.15. The van der Waals surface area contributed by atoms with Gasteiger partial charge in [-0.2, -0.15) is 13.2 Å². The Kier molecular flexibility index (Phi) is 4.06. The lowest BCUT2D eigenvalue weighted by molar-refractivity contribution is -0.138. The maximum absolute atomic E-state index is 13.1. The molecule has 1 N–H and O–H groups in total. The van der Waals surface area contributed by atoms with Crippen LogP contribution in [0.25, 0.3) is 0 Å². The smallest absolute Gasteiger partial charge is 0.302 e. The molecule has 0 spiro atoms. The summed E-state index contributed by atoms with van der Waals surface area (Å²) in [5, 5.41) is 3.38. The van der Waals surface area contributed by atoms with E-state index < -0.39 is 17.7 Å². The topological polar surface area (TPSA) is 42.0 Å². The van der Waals surface area contributed by atoms with E-state index in [-0.39, 0.29) is 17.4 Å². The molecule has 7 heteroatoms. The molecule has 2 aliphatic carbocycles. The molecular formula is C18H17F3N2OS. The van der Waals surface area contributed by atoms with Gasteiger partial charge in [0.25, 0.3) is 0 Å². The number of anilines is 1. The number of fused-ring (bicyclic) bond motifs is 1. The molecule has 1 amide bonds. The number of hydrogen-bond acceptors (Lipinski definition) is 3. The average molecular weight is 366 g/mol. The van der Waals surface area contributed by atoms with Crippen molar-refractivity contribution in [3.8, 4) is 0 Å². The lowest BCUT2D eigenvalue weighted by Gasteiger charge is -2.12. The molecule has 3 nitrogen and oxygen atoms in total. The fourth-order valence-corrected chi connectivity index (χ4v) is 4.56. The normalized spacial score (nSPS) is 22.4. The van der Waals surface area contributed by atoms with Gasteiger partial charge in [-0.15, -0.1) is 11.3 Å². The predicted molar refractivity (Wildman–Crippen MR) is 89.7 cm³/mol. The molecule has 2 aliphatic rings. The van der Waals surface area contributed by atoms with Gasteiger partial charge in [-0.3, -0.25) is 4.79 Å². The minimum Gasteiger partial charge on any atom is -0.302 e. The molecule has 0 saturated heterocycles. The van der Waals surface area contributed by atoms with Gasteiger partial charge >= 0.3 is 6.18 Å². The molecule has 2 atom stereocenters. The van der Waals surface area contributed by atoms with E-state index in [0.29, 0.717) is 11.6 Å². The van der Waals surface area contributed by atoms with Crippen LogP contribution < -0.4 is 5.32 Å². The van der Waals surface area contributed by atoms with Crippen molar-refractivity contribution in [1.29, 1.82) is 0 Å². The Morgan fingerprint density at radius 3 is 2.72 bits per heavy atom. The Morgan fingerprint density at radius 1 is 1.20 bits per heavy atom. The summed E-state index contributed by atoms with van der Waals surface area (Å²) in [6, 6.07) is 5.52. The Morgan fingerprint density at radius 2 is 1.96 bits per heavy atom. The van der Waals surface area contributed by atoms with Crippen LogP contribution in [0, 0.1) is 5.92 Å². The zero-order chi connectivity index (χ0) is 17.6. The van der Waals surface area contributed by atoms with Crippen molar-refractivity contribution in [3.63, 3.8) is 0 Å². The highest BCUT2D eigenvalue weighted by Gasteiger charge is 2.48. The van der Waals surface area contributed by atoms with E-state index in [1.807, 2.05) is 0 Å². The van der Waals surface area contributed by atoms with Crippen LogP contribution in [0.2, 0.25) is 0 Å². The Labute approximate surface area is 147 Å². The molecule has 1 heterocycles. The van der Waals surface area contributed by atoms with E-state index in [1.54, 1.807) is 6.07 Å². The third-order valence-corrected chi connectivity index (χ3v) is 5.94. The molecule has 0 radical (unpaired) electrons. The summed E-state index contributed by atoms with van der Waals surface area (Å²) in [6.45, 7) is 0. The fourth-order valence-electron chi connectivity index (χ4n) is 3.51. The van der Waals surface area contributed by atoms with E-state index in [4.69, 9.17) is 0 Å². The van der Waals surface area contributed by atoms with Crippen molar-refractivity contribution in [1.82, 2.24) is 4.98 Å². The average Bonchev–Trinajstić information content (AvgIpc) is 3.27. The van der Waals surface area contributed by atoms with Gasteiger partial charge in [-0.1, -0.05) is 18.2 Å². The number of carbonyl (C=O) groups is 1. The van der Waals surface area contributed by atoms with E-state index in [0.717, 1.165) is 37.4 Å². The van der Waals surface area contributed by atoms with Gasteiger partial charge in [-0.25, -0.2) is 4.98 Å². The number of hydrogen-bond donors (Lipinski definition) is 1. The van der Waals surface area contributed by atoms with Crippen molar-refractivity contribution in [3.05, 3.63) is 46.0 Å². The number of rotatable bonds is 3. The highest BCUT2D eigenvalue weighted by Crippen LogP contribution is 2.51. The van der Waals surface area contributed by atoms with Gasteiger partial charge < -0.3 is 5.32 Å². The molecule has 1 saturated carbocycles. The Hall–Kier alpha value is -1.89. The summed E-state index contributed by atoms with van der Waals surface area (Å²) >= 11 is 1.49. The summed E-state index contributed by atoms with van der Waals surface area (Å²) in [5.74, 6) is -1.01. The number of benzene rings is 1. The highest BCUT2D eigenvalue weighted by atomic mass is 32.1. The van der Waals surface area contributed by atoms with Crippen LogP contribution in [0.4, 0.5) is 18.3 Å². The minimum absolute atomic E-state index is 0.216. The van der Waals surface area contributed by atoms with Crippen molar-refractivity contribution >= 4 is 22.4 Å². The van der Waals surface area contributed by atoms with Gasteiger partial charge in [0.2, 0.25) is 5.91 Å². The molecular weight excluding hydrogens is 349 g/mol. The first-order valence-corrected chi connectivity index (χ1v) is 9.20. The number of thiazole rings is 1. The molecule has 1 aromatic heterocycles. The zero-order valence-corrected chi connectivity index (χ0v) is 14.2. The molecule has 1 aromatic carbocycles. The van der Waals surface area contributed by atoms with Crippen molar-refractivity contribution in [2.75, 3.05) is 5.32 Å². The maximum Gasteiger partial charge on any atom is 0.416 e. The molecule has 0 bridgehead atoms. The number of amides is 1. The molecule has 0 aliphatic heterocycles. The third kappa shape index (κ3) is 3.29. The second-order valence-corrected chi connectivity index (χ2v) is 7.70. The second-order valence-electron chi connectivity index (χ2n) is 6.62. The van der Waals surface area contributed by atoms with E-state index in [1.165, 1.54) is 28.3 Å². The van der Waals surface area contributed by atoms with Gasteiger partial charge in [0.05, 0.1) is 11.3 Å². The first kappa shape index (κ1) is 16.6. The molecule has 2 unspecified atom stereocenters. The Balaban J connectivity index is 1.47. The highest BCUT2D eigenvalue weighted by molar-refractivity contribution is 7.15. The maximum atomic E-state index is 13.1. The van der Waals surface area contributed by atoms with Crippen LogP contribution in [-0.4, -0.2) is 10.9 Å². The van der Waals surface area contributed by atoms with E-state index in [9.17, 15) is 18.0 Å². The summed E-state index contributed by atoms with van der Waals surface area (Å²) < 4.78 is 39.4. The number of aromatic nitrogens is 1. The monoisotopic (exact) mass is 366 g/mol. The van der Waals surface area contributed by atoms with Crippen LogP contribution in [0.5, 0.6) is 0 Å². The largest absolute Gasteiger partial charge is 0.416 e. The number of aryl methyl sites for hydroxylation is 2. The number of alkyl halides is 3. The molecule has 132 valence electrons. The summed E-state index contributed by atoms with van der Waals surface area (Å²) in [7, 11) is 0. The lowest BCUT2D eigenvalue weighted by atomic mass is 10.0. The SMILES string of the molecule is O=C(Nc1nc2c(s1)CCCC2)C1CC1c1ccccc1C(F)(F)F. The van der Waals surface area contributed by atoms with Crippen molar-refractivity contribution in [2.24, 2.45) is 5.92 Å². The quantitative estimate of drug-likeness (QED) is 0.849. The molecule has 2 aromatic rings. The third-order valence-electron chi connectivity index (χ3n) is 4.87. The minimum atomic E-state index is -4.39. The first-order valence-electron chi connectivity index (χ1n) is 8.39. The van der Waals surface area contributed by atoms with Crippen molar-refractivity contribution < 1.29 is 18.0 Å². The van der Waals surface area contributed by atoms with E-state index in [2.05, 4.69) is 10.3 Å². The van der Waals surface area contributed by atoms with Crippen LogP contribution >= 0.6 is 11.3 Å². The van der Waals surface area contributed by atoms with Gasteiger partial charge in [-0.05, 0) is 49.7 Å². The summed E-state index contributed by atoms with van der Waals surface area (Å²) in [4.78, 5) is 18.1. The summed E-state index contributed by atoms with van der Waals surface area (Å²) in [5.41, 5.74) is 0.634. The predicted octanol–water partition coefficient (Wildman–Crippen LogP) is 4.78. The number of nitrogens with zero attached hydrogens (tertiary/aromatic N) is 1. The van der Waals surface area contributed by atoms with Gasteiger partial charge in [0, 0.05) is 10.8 Å². The zero-order valence-electron chi connectivity index (χ0n) is 13.4. The second kappa shape index (κ2) is 6.12. The fraction of sp³-hybridized carbons (Fsp3) is 0.444. The van der Waals surface area contributed by atoms with Crippen LogP contribution in [0.15, 0.2) is 24.3 Å². The first-order chi connectivity index (χ1) is 11.9. The van der Waals surface area contributed by atoms with Crippen LogP contribution in [-0.2, 0) is 23.8 Å². The number of halogens is 3. The van der Waals surface area contributed by atoms with Gasteiger partial charge in [0.1, 0.15) is 0 Å². The van der Waals surface area contributed by atoms with E-state index >= 15 is 0 Å². The summed E-state index contributed by atoms with van der Waals surface area (Å²) in [6.07, 6.45) is 0.240. The molecule has 25 heavy (non-hydrogen) atoms. The van der Waals surface area contributed by atoms with Crippen LogP contribution in [0.3, 0.4) is 0 Å². The van der Waals surface area contributed by atoms with Crippen LogP contribution in [0.1, 0.15) is 46.9 Å².